The van der Waals surface area contributed by atoms with E-state index >= 15 is 0 Å². The molecule has 0 aliphatic rings. The number of nitrogens with zero attached hydrogens (tertiary/aromatic N) is 4. The predicted octanol–water partition coefficient (Wildman–Crippen LogP) is 7.04. The van der Waals surface area contributed by atoms with Crippen LogP contribution in [0.25, 0.3) is 71.2 Å². The molecular weight excluding hydrogens is 404 g/mol. The van der Waals surface area contributed by atoms with Gasteiger partial charge in [-0.1, -0.05) is 78.9 Å². The molecule has 33 heavy (non-hydrogen) atoms. The highest BCUT2D eigenvalue weighted by Crippen LogP contribution is 2.37. The molecule has 152 valence electrons. The normalized spacial score (nSPS) is 12.2. The second kappa shape index (κ2) is 6.02. The highest BCUT2D eigenvalue weighted by Gasteiger charge is 2.18. The molecule has 4 heteroatoms. The summed E-state index contributed by atoms with van der Waals surface area (Å²) in [4.78, 5) is 15.6. The van der Waals surface area contributed by atoms with Crippen LogP contribution in [0.3, 0.4) is 0 Å². The summed E-state index contributed by atoms with van der Waals surface area (Å²) >= 11 is 0. The van der Waals surface area contributed by atoms with Gasteiger partial charge in [-0.25, -0.2) is 15.0 Å². The number of rotatable bonds is 0. The Labute approximate surface area is 187 Å². The SMILES string of the molecule is c1ccc2c(c1)nc1c3nc4c5ccccc5c5ccccc5c4nc3c3ccccc3n21. The van der Waals surface area contributed by atoms with Crippen LogP contribution in [0.2, 0.25) is 0 Å². The van der Waals surface area contributed by atoms with Gasteiger partial charge in [0, 0.05) is 16.2 Å². The molecule has 4 nitrogen and oxygen atoms in total. The Kier molecular flexibility index (Phi) is 3.11. The zero-order valence-electron chi connectivity index (χ0n) is 17.5. The van der Waals surface area contributed by atoms with Crippen molar-refractivity contribution in [3.05, 3.63) is 97.1 Å². The number of fused-ring (bicyclic) bond motifs is 14. The smallest absolute Gasteiger partial charge is 0.166 e. The lowest BCUT2D eigenvalue weighted by molar-refractivity contribution is 1.29. The minimum absolute atomic E-state index is 0.831. The molecule has 3 aromatic heterocycles. The van der Waals surface area contributed by atoms with E-state index in [9.17, 15) is 0 Å². The van der Waals surface area contributed by atoms with E-state index in [0.29, 0.717) is 0 Å². The maximum atomic E-state index is 5.29. The van der Waals surface area contributed by atoms with Crippen molar-refractivity contribution in [2.75, 3.05) is 0 Å². The summed E-state index contributed by atoms with van der Waals surface area (Å²) in [5.41, 5.74) is 7.54. The fraction of sp³-hybridized carbons (Fsp3) is 0. The third-order valence-electron chi connectivity index (χ3n) is 6.72. The standard InChI is InChI=1S/C29H16N4/c1-3-11-19-17(9-1)18-10-2-4-12-20(18)26-25(19)31-27-21-13-5-7-15-23(21)33-24-16-8-6-14-22(24)30-29(33)28(27)32-26/h1-16H. The summed E-state index contributed by atoms with van der Waals surface area (Å²) in [6, 6.07) is 33.6. The summed E-state index contributed by atoms with van der Waals surface area (Å²) in [5.74, 6) is 0. The third kappa shape index (κ3) is 2.12. The average Bonchev–Trinajstić information content (AvgIpc) is 3.28. The van der Waals surface area contributed by atoms with Gasteiger partial charge in [-0.05, 0) is 29.0 Å². The lowest BCUT2D eigenvalue weighted by Crippen LogP contribution is -1.97. The van der Waals surface area contributed by atoms with Crippen LogP contribution in [-0.4, -0.2) is 19.4 Å². The van der Waals surface area contributed by atoms with Crippen LogP contribution in [0, 0.1) is 0 Å². The first-order chi connectivity index (χ1) is 16.4. The van der Waals surface area contributed by atoms with Crippen molar-refractivity contribution in [2.45, 2.75) is 0 Å². The van der Waals surface area contributed by atoms with E-state index in [2.05, 4.69) is 95.4 Å². The Morgan fingerprint density at radius 2 is 0.879 bits per heavy atom. The molecule has 0 spiro atoms. The van der Waals surface area contributed by atoms with E-state index < -0.39 is 0 Å². The van der Waals surface area contributed by atoms with Gasteiger partial charge < -0.3 is 0 Å². The van der Waals surface area contributed by atoms with Gasteiger partial charge in [-0.15, -0.1) is 0 Å². The molecule has 0 saturated carbocycles. The van der Waals surface area contributed by atoms with Gasteiger partial charge in [-0.2, -0.15) is 0 Å². The average molecular weight is 420 g/mol. The fourth-order valence-corrected chi connectivity index (χ4v) is 5.30. The van der Waals surface area contributed by atoms with E-state index in [1.54, 1.807) is 0 Å². The van der Waals surface area contributed by atoms with Crippen LogP contribution < -0.4 is 0 Å². The van der Waals surface area contributed by atoms with Crippen molar-refractivity contribution >= 4 is 71.2 Å². The first-order valence-electron chi connectivity index (χ1n) is 11.1. The molecule has 8 aromatic rings. The van der Waals surface area contributed by atoms with Crippen LogP contribution in [0.4, 0.5) is 0 Å². The van der Waals surface area contributed by atoms with Crippen LogP contribution in [0.1, 0.15) is 0 Å². The van der Waals surface area contributed by atoms with Crippen molar-refractivity contribution in [3.63, 3.8) is 0 Å². The molecule has 0 aliphatic carbocycles. The number of hydrogen-bond donors (Lipinski definition) is 0. The first kappa shape index (κ1) is 17.0. The molecule has 0 unspecified atom stereocenters. The zero-order chi connectivity index (χ0) is 21.5. The molecule has 5 aromatic carbocycles. The maximum Gasteiger partial charge on any atom is 0.166 e. The topological polar surface area (TPSA) is 43.1 Å². The minimum atomic E-state index is 0.831. The van der Waals surface area contributed by atoms with Crippen molar-refractivity contribution in [1.29, 1.82) is 0 Å². The largest absolute Gasteiger partial charge is 0.290 e. The molecule has 0 bridgehead atoms. The number of hydrogen-bond acceptors (Lipinski definition) is 3. The van der Waals surface area contributed by atoms with Crippen molar-refractivity contribution in [2.24, 2.45) is 0 Å². The van der Waals surface area contributed by atoms with Gasteiger partial charge in [0.1, 0.15) is 11.0 Å². The van der Waals surface area contributed by atoms with E-state index in [0.717, 1.165) is 60.4 Å². The highest BCUT2D eigenvalue weighted by atomic mass is 15.0. The number of pyridine rings is 1. The molecule has 0 N–H and O–H groups in total. The minimum Gasteiger partial charge on any atom is -0.290 e. The molecule has 8 rings (SSSR count). The van der Waals surface area contributed by atoms with Crippen molar-refractivity contribution < 1.29 is 0 Å². The second-order valence-electron chi connectivity index (χ2n) is 8.49. The lowest BCUT2D eigenvalue weighted by Gasteiger charge is -2.12. The van der Waals surface area contributed by atoms with Crippen LogP contribution >= 0.6 is 0 Å². The van der Waals surface area contributed by atoms with Gasteiger partial charge in [0.15, 0.2) is 5.65 Å². The Morgan fingerprint density at radius 1 is 0.394 bits per heavy atom. The molecule has 3 heterocycles. The Balaban J connectivity index is 1.73. The van der Waals surface area contributed by atoms with E-state index in [1.807, 2.05) is 6.07 Å². The highest BCUT2D eigenvalue weighted by molar-refractivity contribution is 6.25. The van der Waals surface area contributed by atoms with Gasteiger partial charge in [0.2, 0.25) is 0 Å². The Bertz CT molecular complexity index is 2090. The maximum absolute atomic E-state index is 5.29. The molecule has 0 saturated heterocycles. The Hall–Kier alpha value is -4.57. The molecule has 0 radical (unpaired) electrons. The number of aromatic nitrogens is 4. The van der Waals surface area contributed by atoms with Crippen molar-refractivity contribution in [3.8, 4) is 0 Å². The fourth-order valence-electron chi connectivity index (χ4n) is 5.30. The number of benzene rings is 5. The van der Waals surface area contributed by atoms with E-state index in [4.69, 9.17) is 15.0 Å². The molecule has 0 fully saturated rings. The van der Waals surface area contributed by atoms with Crippen molar-refractivity contribution in [1.82, 2.24) is 19.4 Å². The number of imidazole rings is 1. The molecule has 0 amide bonds. The molecule has 0 aliphatic heterocycles. The Morgan fingerprint density at radius 3 is 1.58 bits per heavy atom. The van der Waals surface area contributed by atoms with Gasteiger partial charge >= 0.3 is 0 Å². The number of para-hydroxylation sites is 3. The zero-order valence-corrected chi connectivity index (χ0v) is 17.5. The van der Waals surface area contributed by atoms with Gasteiger partial charge in [-0.3, -0.25) is 4.40 Å². The first-order valence-corrected chi connectivity index (χ1v) is 11.1. The third-order valence-corrected chi connectivity index (χ3v) is 6.72. The monoisotopic (exact) mass is 420 g/mol. The summed E-state index contributed by atoms with van der Waals surface area (Å²) in [6.45, 7) is 0. The second-order valence-corrected chi connectivity index (χ2v) is 8.49. The van der Waals surface area contributed by atoms with Gasteiger partial charge in [0.25, 0.3) is 0 Å². The quantitative estimate of drug-likeness (QED) is 0.195. The molecule has 0 atom stereocenters. The van der Waals surface area contributed by atoms with Gasteiger partial charge in [0.05, 0.1) is 27.6 Å². The van der Waals surface area contributed by atoms with E-state index in [1.165, 1.54) is 10.8 Å². The lowest BCUT2D eigenvalue weighted by atomic mass is 9.99. The van der Waals surface area contributed by atoms with Crippen LogP contribution in [-0.2, 0) is 0 Å². The van der Waals surface area contributed by atoms with Crippen LogP contribution in [0.15, 0.2) is 97.1 Å². The summed E-state index contributed by atoms with van der Waals surface area (Å²) in [5, 5.41) is 5.71. The van der Waals surface area contributed by atoms with Crippen LogP contribution in [0.5, 0.6) is 0 Å². The summed E-state index contributed by atoms with van der Waals surface area (Å²) in [7, 11) is 0. The molecular formula is C29H16N4. The predicted molar refractivity (Wildman–Crippen MR) is 136 cm³/mol. The van der Waals surface area contributed by atoms with E-state index in [-0.39, 0.29) is 0 Å². The summed E-state index contributed by atoms with van der Waals surface area (Å²) < 4.78 is 2.22. The summed E-state index contributed by atoms with van der Waals surface area (Å²) in [6.07, 6.45) is 0.